The lowest BCUT2D eigenvalue weighted by Gasteiger charge is -2.26. The first-order valence-corrected chi connectivity index (χ1v) is 10.2. The van der Waals surface area contributed by atoms with Gasteiger partial charge in [0, 0.05) is 5.75 Å². The normalized spacial score (nSPS) is 15.1. The molecular weight excluding hydrogens is 414 g/mol. The Morgan fingerprint density at radius 1 is 0.900 bits per heavy atom. The van der Waals surface area contributed by atoms with E-state index in [0.29, 0.717) is 6.42 Å². The van der Waals surface area contributed by atoms with Gasteiger partial charge in [-0.1, -0.05) is 27.7 Å². The lowest BCUT2D eigenvalue weighted by molar-refractivity contribution is -0.142. The van der Waals surface area contributed by atoms with Crippen LogP contribution in [0.25, 0.3) is 0 Å². The second kappa shape index (κ2) is 13.1. The van der Waals surface area contributed by atoms with Crippen molar-refractivity contribution in [2.24, 2.45) is 23.3 Å². The lowest BCUT2D eigenvalue weighted by Crippen LogP contribution is -2.59. The number of rotatable bonds is 13. The van der Waals surface area contributed by atoms with Crippen LogP contribution in [0.3, 0.4) is 0 Å². The number of carbonyl (C=O) groups excluding carboxylic acids is 4. The van der Waals surface area contributed by atoms with Crippen LogP contribution in [-0.2, 0) is 24.0 Å². The number of thiol groups is 1. The maximum Gasteiger partial charge on any atom is 0.327 e. The van der Waals surface area contributed by atoms with Crippen LogP contribution in [0.4, 0.5) is 0 Å². The fourth-order valence-electron chi connectivity index (χ4n) is 2.54. The molecule has 4 amide bonds. The number of carbonyl (C=O) groups is 5. The molecule has 0 aliphatic heterocycles. The average Bonchev–Trinajstić information content (AvgIpc) is 2.61. The standard InChI is InChI=1S/C18H33N5O6S/c1-8(2)5-10(19)15(25)21-11(6-13(20)24)16(26)23-14(9(3)4)17(27)22-12(7-30)18(28)29/h8-12,14,30H,5-7,19H2,1-4H3,(H2,20,24)(H,21,25)(H,22,27)(H,23,26)(H,28,29). The van der Waals surface area contributed by atoms with Crippen molar-refractivity contribution in [1.82, 2.24) is 16.0 Å². The predicted molar refractivity (Wildman–Crippen MR) is 113 cm³/mol. The van der Waals surface area contributed by atoms with E-state index in [2.05, 4.69) is 28.6 Å². The summed E-state index contributed by atoms with van der Waals surface area (Å²) in [5.74, 6) is -4.71. The Bertz CT molecular complexity index is 643. The van der Waals surface area contributed by atoms with Gasteiger partial charge < -0.3 is 32.5 Å². The highest BCUT2D eigenvalue weighted by Crippen LogP contribution is 2.06. The van der Waals surface area contributed by atoms with E-state index in [1.54, 1.807) is 13.8 Å². The van der Waals surface area contributed by atoms with Crippen molar-refractivity contribution in [3.05, 3.63) is 0 Å². The molecule has 11 nitrogen and oxygen atoms in total. The summed E-state index contributed by atoms with van der Waals surface area (Å²) in [5, 5.41) is 16.2. The van der Waals surface area contributed by atoms with Gasteiger partial charge in [-0.25, -0.2) is 4.79 Å². The van der Waals surface area contributed by atoms with Gasteiger partial charge >= 0.3 is 5.97 Å². The molecule has 0 aromatic carbocycles. The van der Waals surface area contributed by atoms with E-state index in [9.17, 15) is 24.0 Å². The molecule has 0 radical (unpaired) electrons. The van der Waals surface area contributed by atoms with Crippen LogP contribution >= 0.6 is 12.6 Å². The summed E-state index contributed by atoms with van der Waals surface area (Å²) in [6.45, 7) is 7.03. The molecule has 0 aliphatic carbocycles. The highest BCUT2D eigenvalue weighted by Gasteiger charge is 2.32. The molecule has 8 N–H and O–H groups in total. The Kier molecular flexibility index (Phi) is 12.0. The third-order valence-electron chi connectivity index (χ3n) is 4.14. The third-order valence-corrected chi connectivity index (χ3v) is 4.51. The van der Waals surface area contributed by atoms with E-state index in [1.807, 2.05) is 13.8 Å². The van der Waals surface area contributed by atoms with Gasteiger partial charge in [0.15, 0.2) is 0 Å². The van der Waals surface area contributed by atoms with E-state index < -0.39 is 66.1 Å². The van der Waals surface area contributed by atoms with E-state index >= 15 is 0 Å². The fraction of sp³-hybridized carbons (Fsp3) is 0.722. The highest BCUT2D eigenvalue weighted by atomic mass is 32.1. The van der Waals surface area contributed by atoms with Gasteiger partial charge in [-0.05, 0) is 18.3 Å². The van der Waals surface area contributed by atoms with Gasteiger partial charge in [0.1, 0.15) is 18.1 Å². The van der Waals surface area contributed by atoms with E-state index in [4.69, 9.17) is 16.6 Å². The zero-order valence-electron chi connectivity index (χ0n) is 17.7. The van der Waals surface area contributed by atoms with Crippen molar-refractivity contribution >= 4 is 42.2 Å². The van der Waals surface area contributed by atoms with Gasteiger partial charge in [-0.2, -0.15) is 12.6 Å². The summed E-state index contributed by atoms with van der Waals surface area (Å²) in [6, 6.07) is -4.57. The molecular formula is C18H33N5O6S. The molecule has 0 saturated carbocycles. The van der Waals surface area contributed by atoms with Gasteiger partial charge in [-0.3, -0.25) is 19.2 Å². The molecule has 30 heavy (non-hydrogen) atoms. The van der Waals surface area contributed by atoms with Crippen LogP contribution in [0, 0.1) is 11.8 Å². The van der Waals surface area contributed by atoms with Crippen molar-refractivity contribution in [1.29, 1.82) is 0 Å². The fourth-order valence-corrected chi connectivity index (χ4v) is 2.79. The Morgan fingerprint density at radius 2 is 1.43 bits per heavy atom. The van der Waals surface area contributed by atoms with Crippen LogP contribution in [-0.4, -0.2) is 64.6 Å². The van der Waals surface area contributed by atoms with Crippen LogP contribution in [0.5, 0.6) is 0 Å². The smallest absolute Gasteiger partial charge is 0.327 e. The lowest BCUT2D eigenvalue weighted by atomic mass is 10.0. The molecule has 0 aromatic heterocycles. The number of nitrogens with one attached hydrogen (secondary N) is 3. The molecule has 0 spiro atoms. The maximum absolute atomic E-state index is 12.7. The van der Waals surface area contributed by atoms with Crippen molar-refractivity contribution in [2.75, 3.05) is 5.75 Å². The second-order valence-electron chi connectivity index (χ2n) is 7.78. The first kappa shape index (κ1) is 27.7. The average molecular weight is 448 g/mol. The number of hydrogen-bond acceptors (Lipinski definition) is 7. The van der Waals surface area contributed by atoms with Gasteiger partial charge in [0.2, 0.25) is 23.6 Å². The molecule has 4 unspecified atom stereocenters. The summed E-state index contributed by atoms with van der Waals surface area (Å²) in [4.78, 5) is 59.9. The minimum Gasteiger partial charge on any atom is -0.480 e. The second-order valence-corrected chi connectivity index (χ2v) is 8.15. The summed E-state index contributed by atoms with van der Waals surface area (Å²) < 4.78 is 0. The van der Waals surface area contributed by atoms with Crippen LogP contribution in [0.15, 0.2) is 0 Å². The summed E-state index contributed by atoms with van der Waals surface area (Å²) >= 11 is 3.88. The summed E-state index contributed by atoms with van der Waals surface area (Å²) in [7, 11) is 0. The minimum atomic E-state index is -1.33. The molecule has 0 heterocycles. The van der Waals surface area contributed by atoms with Crippen molar-refractivity contribution < 1.29 is 29.1 Å². The minimum absolute atomic E-state index is 0.136. The van der Waals surface area contributed by atoms with Gasteiger partial charge in [0.25, 0.3) is 0 Å². The van der Waals surface area contributed by atoms with E-state index in [1.165, 1.54) is 0 Å². The number of carboxylic acid groups (broad SMARTS) is 1. The van der Waals surface area contributed by atoms with Crippen LogP contribution in [0.2, 0.25) is 0 Å². The zero-order chi connectivity index (χ0) is 23.6. The van der Waals surface area contributed by atoms with E-state index in [-0.39, 0.29) is 11.7 Å². The first-order chi connectivity index (χ1) is 13.8. The number of aliphatic carboxylic acids is 1. The Morgan fingerprint density at radius 3 is 1.83 bits per heavy atom. The molecule has 4 atom stereocenters. The predicted octanol–water partition coefficient (Wildman–Crippen LogP) is -1.64. The third kappa shape index (κ3) is 9.92. The Balaban J connectivity index is 5.36. The monoisotopic (exact) mass is 447 g/mol. The number of primary amides is 1. The van der Waals surface area contributed by atoms with Gasteiger partial charge in [-0.15, -0.1) is 0 Å². The number of amides is 4. The van der Waals surface area contributed by atoms with Gasteiger partial charge in [0.05, 0.1) is 12.5 Å². The molecule has 0 fully saturated rings. The van der Waals surface area contributed by atoms with Crippen molar-refractivity contribution in [3.63, 3.8) is 0 Å². The first-order valence-electron chi connectivity index (χ1n) is 9.58. The molecule has 0 rings (SSSR count). The molecule has 0 saturated heterocycles. The Labute approximate surface area is 181 Å². The summed E-state index contributed by atoms with van der Waals surface area (Å²) in [5.41, 5.74) is 11.0. The number of hydrogen-bond donors (Lipinski definition) is 7. The highest BCUT2D eigenvalue weighted by molar-refractivity contribution is 7.80. The van der Waals surface area contributed by atoms with Crippen LogP contribution < -0.4 is 27.4 Å². The number of nitrogens with two attached hydrogens (primary N) is 2. The molecule has 172 valence electrons. The Hall–Kier alpha value is -2.34. The molecule has 0 aliphatic rings. The molecule has 0 bridgehead atoms. The molecule has 0 aromatic rings. The molecule has 12 heteroatoms. The van der Waals surface area contributed by atoms with Crippen molar-refractivity contribution in [3.8, 4) is 0 Å². The topological polar surface area (TPSA) is 194 Å². The summed E-state index contributed by atoms with van der Waals surface area (Å²) in [6.07, 6.45) is -0.124. The van der Waals surface area contributed by atoms with Crippen LogP contribution in [0.1, 0.15) is 40.5 Å². The van der Waals surface area contributed by atoms with Crippen molar-refractivity contribution in [2.45, 2.75) is 64.7 Å². The SMILES string of the molecule is CC(C)CC(N)C(=O)NC(CC(N)=O)C(=O)NC(C(=O)NC(CS)C(=O)O)C(C)C. The largest absolute Gasteiger partial charge is 0.480 e. The maximum atomic E-state index is 12.7. The van der Waals surface area contributed by atoms with E-state index in [0.717, 1.165) is 0 Å². The number of carboxylic acids is 1. The quantitative estimate of drug-likeness (QED) is 0.164. The zero-order valence-corrected chi connectivity index (χ0v) is 18.6.